The van der Waals surface area contributed by atoms with Crippen molar-refractivity contribution in [3.8, 4) is 5.75 Å². The van der Waals surface area contributed by atoms with E-state index in [1.165, 1.54) is 0 Å². The van der Waals surface area contributed by atoms with Crippen molar-refractivity contribution in [3.05, 3.63) is 90.1 Å². The smallest absolute Gasteiger partial charge is 0.326 e. The molecule has 1 unspecified atom stereocenters. The molecule has 0 bridgehead atoms. The molecule has 7 heteroatoms. The maximum Gasteiger partial charge on any atom is 0.326 e. The standard InChI is InChI=1S/C27H31N3O4/c1-20(22-8-3-2-4-9-22)18-26(31)30-24(27(32)33)19-21-11-13-23(14-12-21)34-17-7-16-29-25-10-5-6-15-28-25/h2-6,8-15,20,24H,7,16-19H2,1H3,(H,28,29)(H,30,31)(H,32,33)/t20?,24-/m0/s1. The summed E-state index contributed by atoms with van der Waals surface area (Å²) in [6.07, 6.45) is 2.99. The molecule has 1 amide bonds. The van der Waals surface area contributed by atoms with Gasteiger partial charge in [-0.3, -0.25) is 4.79 Å². The van der Waals surface area contributed by atoms with Crippen LogP contribution in [0.2, 0.25) is 0 Å². The quantitative estimate of drug-likeness (QED) is 0.329. The number of nitrogens with one attached hydrogen (secondary N) is 2. The zero-order valence-electron chi connectivity index (χ0n) is 19.3. The first-order valence-corrected chi connectivity index (χ1v) is 11.4. The summed E-state index contributed by atoms with van der Waals surface area (Å²) in [7, 11) is 0. The molecule has 0 saturated heterocycles. The molecule has 3 aromatic rings. The number of benzene rings is 2. The number of rotatable bonds is 13. The Morgan fingerprint density at radius 2 is 1.74 bits per heavy atom. The molecule has 0 spiro atoms. The van der Waals surface area contributed by atoms with Crippen LogP contribution in [0.25, 0.3) is 0 Å². The van der Waals surface area contributed by atoms with Crippen molar-refractivity contribution in [2.75, 3.05) is 18.5 Å². The van der Waals surface area contributed by atoms with Gasteiger partial charge >= 0.3 is 5.97 Å². The van der Waals surface area contributed by atoms with Crippen molar-refractivity contribution >= 4 is 17.7 Å². The van der Waals surface area contributed by atoms with E-state index in [2.05, 4.69) is 15.6 Å². The first-order valence-electron chi connectivity index (χ1n) is 11.4. The number of carbonyl (C=O) groups excluding carboxylic acids is 1. The molecule has 0 aliphatic heterocycles. The Labute approximate surface area is 200 Å². The molecule has 3 rings (SSSR count). The number of amides is 1. The van der Waals surface area contributed by atoms with Gasteiger partial charge in [0.15, 0.2) is 0 Å². The summed E-state index contributed by atoms with van der Waals surface area (Å²) < 4.78 is 5.76. The van der Waals surface area contributed by atoms with Gasteiger partial charge in [-0.25, -0.2) is 9.78 Å². The summed E-state index contributed by atoms with van der Waals surface area (Å²) in [4.78, 5) is 28.4. The molecule has 1 aromatic heterocycles. The lowest BCUT2D eigenvalue weighted by Gasteiger charge is -2.17. The Hall–Kier alpha value is -3.87. The largest absolute Gasteiger partial charge is 0.494 e. The molecule has 2 atom stereocenters. The van der Waals surface area contributed by atoms with Crippen LogP contribution in [0, 0.1) is 0 Å². The molecular formula is C27H31N3O4. The molecule has 0 aliphatic rings. The van der Waals surface area contributed by atoms with E-state index in [0.29, 0.717) is 12.4 Å². The zero-order chi connectivity index (χ0) is 24.2. The summed E-state index contributed by atoms with van der Waals surface area (Å²) >= 11 is 0. The molecule has 1 heterocycles. The van der Waals surface area contributed by atoms with Gasteiger partial charge in [0, 0.05) is 25.6 Å². The van der Waals surface area contributed by atoms with E-state index in [9.17, 15) is 14.7 Å². The van der Waals surface area contributed by atoms with Crippen LogP contribution in [0.15, 0.2) is 79.0 Å². The highest BCUT2D eigenvalue weighted by Crippen LogP contribution is 2.19. The summed E-state index contributed by atoms with van der Waals surface area (Å²) in [6, 6.07) is 21.7. The van der Waals surface area contributed by atoms with Gasteiger partial charge in [0.2, 0.25) is 5.91 Å². The fourth-order valence-electron chi connectivity index (χ4n) is 3.53. The molecule has 0 fully saturated rings. The van der Waals surface area contributed by atoms with E-state index in [1.807, 2.05) is 79.7 Å². The van der Waals surface area contributed by atoms with Gasteiger partial charge in [0.05, 0.1) is 6.61 Å². The highest BCUT2D eigenvalue weighted by molar-refractivity contribution is 5.84. The third kappa shape index (κ3) is 8.24. The topological polar surface area (TPSA) is 101 Å². The molecule has 2 aromatic carbocycles. The van der Waals surface area contributed by atoms with Crippen LogP contribution >= 0.6 is 0 Å². The maximum atomic E-state index is 12.4. The van der Waals surface area contributed by atoms with Gasteiger partial charge in [0.25, 0.3) is 0 Å². The van der Waals surface area contributed by atoms with Crippen molar-refractivity contribution in [3.63, 3.8) is 0 Å². The molecular weight excluding hydrogens is 430 g/mol. The maximum absolute atomic E-state index is 12.4. The highest BCUT2D eigenvalue weighted by atomic mass is 16.5. The van der Waals surface area contributed by atoms with Crippen LogP contribution in [0.1, 0.15) is 36.8 Å². The van der Waals surface area contributed by atoms with E-state index in [0.717, 1.165) is 29.9 Å². The number of anilines is 1. The number of ether oxygens (including phenoxy) is 1. The Balaban J connectivity index is 1.42. The van der Waals surface area contributed by atoms with Gasteiger partial charge in [-0.05, 0) is 47.7 Å². The molecule has 0 radical (unpaired) electrons. The van der Waals surface area contributed by atoms with Crippen molar-refractivity contribution < 1.29 is 19.4 Å². The molecule has 34 heavy (non-hydrogen) atoms. The van der Waals surface area contributed by atoms with Crippen LogP contribution in [-0.2, 0) is 16.0 Å². The normalized spacial score (nSPS) is 12.4. The van der Waals surface area contributed by atoms with Gasteiger partial charge in [-0.2, -0.15) is 0 Å². The number of nitrogens with zero attached hydrogens (tertiary/aromatic N) is 1. The van der Waals surface area contributed by atoms with Crippen LogP contribution < -0.4 is 15.4 Å². The van der Waals surface area contributed by atoms with Gasteiger partial charge in [0.1, 0.15) is 17.6 Å². The van der Waals surface area contributed by atoms with Crippen molar-refractivity contribution in [2.45, 2.75) is 38.1 Å². The lowest BCUT2D eigenvalue weighted by atomic mass is 9.97. The molecule has 0 saturated carbocycles. The minimum absolute atomic E-state index is 0.00577. The molecule has 7 nitrogen and oxygen atoms in total. The van der Waals surface area contributed by atoms with Gasteiger partial charge < -0.3 is 20.5 Å². The monoisotopic (exact) mass is 461 g/mol. The average Bonchev–Trinajstić information content (AvgIpc) is 2.85. The number of carboxylic acid groups (broad SMARTS) is 1. The summed E-state index contributed by atoms with van der Waals surface area (Å²) in [5, 5.41) is 15.5. The lowest BCUT2D eigenvalue weighted by molar-refractivity contribution is -0.141. The minimum Gasteiger partial charge on any atom is -0.494 e. The van der Waals surface area contributed by atoms with E-state index >= 15 is 0 Å². The SMILES string of the molecule is CC(CC(=O)N[C@@H](Cc1ccc(OCCCNc2ccccn2)cc1)C(=O)O)c1ccccc1. The second-order valence-electron chi connectivity index (χ2n) is 8.17. The van der Waals surface area contributed by atoms with Crippen molar-refractivity contribution in [1.29, 1.82) is 0 Å². The van der Waals surface area contributed by atoms with Crippen molar-refractivity contribution in [1.82, 2.24) is 10.3 Å². The number of aliphatic carboxylic acids is 1. The third-order valence-corrected chi connectivity index (χ3v) is 5.42. The summed E-state index contributed by atoms with van der Waals surface area (Å²) in [5.74, 6) is 0.228. The number of pyridine rings is 1. The van der Waals surface area contributed by atoms with E-state index < -0.39 is 12.0 Å². The zero-order valence-corrected chi connectivity index (χ0v) is 19.3. The number of aromatic nitrogens is 1. The van der Waals surface area contributed by atoms with Gasteiger partial charge in [-0.15, -0.1) is 0 Å². The fraction of sp³-hybridized carbons (Fsp3) is 0.296. The molecule has 178 valence electrons. The van der Waals surface area contributed by atoms with Gasteiger partial charge in [-0.1, -0.05) is 55.5 Å². The second kappa shape index (κ2) is 13.0. The highest BCUT2D eigenvalue weighted by Gasteiger charge is 2.21. The predicted molar refractivity (Wildman–Crippen MR) is 132 cm³/mol. The minimum atomic E-state index is -1.05. The number of carbonyl (C=O) groups is 2. The molecule has 0 aliphatic carbocycles. The fourth-order valence-corrected chi connectivity index (χ4v) is 3.53. The molecule has 3 N–H and O–H groups in total. The lowest BCUT2D eigenvalue weighted by Crippen LogP contribution is -2.42. The predicted octanol–water partition coefficient (Wildman–Crippen LogP) is 4.27. The number of hydrogen-bond donors (Lipinski definition) is 3. The van der Waals surface area contributed by atoms with Crippen LogP contribution in [-0.4, -0.2) is 41.2 Å². The summed E-state index contributed by atoms with van der Waals surface area (Å²) in [5.41, 5.74) is 1.86. The first-order chi connectivity index (χ1) is 16.5. The first kappa shape index (κ1) is 24.8. The van der Waals surface area contributed by atoms with Crippen LogP contribution in [0.4, 0.5) is 5.82 Å². The van der Waals surface area contributed by atoms with E-state index in [1.54, 1.807) is 6.20 Å². The Morgan fingerprint density at radius 3 is 2.41 bits per heavy atom. The Morgan fingerprint density at radius 1 is 1.00 bits per heavy atom. The second-order valence-corrected chi connectivity index (χ2v) is 8.17. The van der Waals surface area contributed by atoms with Crippen LogP contribution in [0.5, 0.6) is 5.75 Å². The number of hydrogen-bond acceptors (Lipinski definition) is 5. The third-order valence-electron chi connectivity index (χ3n) is 5.42. The van der Waals surface area contributed by atoms with E-state index in [4.69, 9.17) is 4.74 Å². The Kier molecular flexibility index (Phi) is 9.46. The number of carboxylic acids is 1. The average molecular weight is 462 g/mol. The van der Waals surface area contributed by atoms with Crippen LogP contribution in [0.3, 0.4) is 0 Å². The van der Waals surface area contributed by atoms with Crippen molar-refractivity contribution in [2.24, 2.45) is 0 Å². The summed E-state index contributed by atoms with van der Waals surface area (Å²) in [6.45, 7) is 3.25. The van der Waals surface area contributed by atoms with E-state index in [-0.39, 0.29) is 24.7 Å². The Bertz CT molecular complexity index is 1030.